The molecule has 3 rings (SSSR count). The number of rotatable bonds is 7. The first kappa shape index (κ1) is 21.9. The number of carbonyl (C=O) groups excluding carboxylic acids is 1. The smallest absolute Gasteiger partial charge is 0.246 e. The highest BCUT2D eigenvalue weighted by molar-refractivity contribution is 7.89. The molecule has 1 aromatic carbocycles. The maximum Gasteiger partial charge on any atom is 0.246 e. The molecule has 1 aliphatic heterocycles. The molecule has 1 fully saturated rings. The maximum atomic E-state index is 13.1. The second kappa shape index (κ2) is 9.84. The molecular weight excluding hydrogens is 406 g/mol. The molecule has 0 saturated carbocycles. The molecule has 1 aromatic heterocycles. The van der Waals surface area contributed by atoms with Crippen molar-refractivity contribution in [2.75, 3.05) is 40.5 Å². The molecule has 2 heterocycles. The number of morpholine rings is 1. The minimum Gasteiger partial charge on any atom is -0.495 e. The van der Waals surface area contributed by atoms with E-state index in [-0.39, 0.29) is 16.6 Å². The fourth-order valence-corrected chi connectivity index (χ4v) is 4.66. The van der Waals surface area contributed by atoms with E-state index >= 15 is 0 Å². The Balaban J connectivity index is 1.78. The minimum atomic E-state index is -3.73. The van der Waals surface area contributed by atoms with E-state index in [2.05, 4.69) is 4.98 Å². The zero-order chi connectivity index (χ0) is 21.6. The number of ether oxygens (including phenoxy) is 2. The minimum absolute atomic E-state index is 0.0743. The predicted molar refractivity (Wildman–Crippen MR) is 112 cm³/mol. The van der Waals surface area contributed by atoms with Gasteiger partial charge in [-0.3, -0.25) is 9.78 Å². The van der Waals surface area contributed by atoms with Crippen LogP contribution in [-0.4, -0.2) is 69.0 Å². The van der Waals surface area contributed by atoms with Crippen molar-refractivity contribution >= 4 is 22.0 Å². The molecule has 160 valence electrons. The van der Waals surface area contributed by atoms with Gasteiger partial charge in [-0.2, -0.15) is 4.31 Å². The molecule has 0 N–H and O–H groups in total. The van der Waals surface area contributed by atoms with Gasteiger partial charge >= 0.3 is 0 Å². The van der Waals surface area contributed by atoms with E-state index in [1.807, 2.05) is 12.1 Å². The van der Waals surface area contributed by atoms with Crippen molar-refractivity contribution in [1.29, 1.82) is 0 Å². The number of sulfonamides is 1. The zero-order valence-electron chi connectivity index (χ0n) is 17.0. The van der Waals surface area contributed by atoms with Crippen LogP contribution in [0, 0.1) is 0 Å². The third-order valence-electron chi connectivity index (χ3n) is 4.71. The lowest BCUT2D eigenvalue weighted by atomic mass is 10.2. The second-order valence-corrected chi connectivity index (χ2v) is 8.72. The van der Waals surface area contributed by atoms with E-state index in [9.17, 15) is 13.2 Å². The summed E-state index contributed by atoms with van der Waals surface area (Å²) in [6.07, 6.45) is 6.40. The lowest BCUT2D eigenvalue weighted by molar-refractivity contribution is -0.125. The van der Waals surface area contributed by atoms with Gasteiger partial charge in [0.05, 0.1) is 20.3 Å². The molecule has 30 heavy (non-hydrogen) atoms. The summed E-state index contributed by atoms with van der Waals surface area (Å²) in [6, 6.07) is 8.54. The highest BCUT2D eigenvalue weighted by atomic mass is 32.2. The summed E-state index contributed by atoms with van der Waals surface area (Å²) in [6.45, 7) is 1.74. The summed E-state index contributed by atoms with van der Waals surface area (Å²) in [5.41, 5.74) is 1.51. The van der Waals surface area contributed by atoms with Gasteiger partial charge in [0.1, 0.15) is 10.6 Å². The fourth-order valence-electron chi connectivity index (χ4n) is 3.06. The summed E-state index contributed by atoms with van der Waals surface area (Å²) in [5, 5.41) is 0. The third kappa shape index (κ3) is 5.24. The average Bonchev–Trinajstić information content (AvgIpc) is 2.78. The number of amides is 1. The molecular formula is C21H25N3O5S. The number of nitrogens with zero attached hydrogens (tertiary/aromatic N) is 3. The van der Waals surface area contributed by atoms with Crippen molar-refractivity contribution in [1.82, 2.24) is 14.2 Å². The van der Waals surface area contributed by atoms with Crippen molar-refractivity contribution < 1.29 is 22.7 Å². The van der Waals surface area contributed by atoms with Crippen LogP contribution in [0.4, 0.5) is 0 Å². The number of hydrogen-bond donors (Lipinski definition) is 0. The van der Waals surface area contributed by atoms with E-state index in [0.717, 1.165) is 5.56 Å². The number of methoxy groups -OCH3 is 1. The second-order valence-electron chi connectivity index (χ2n) is 6.82. The van der Waals surface area contributed by atoms with Gasteiger partial charge in [-0.15, -0.1) is 0 Å². The molecule has 0 bridgehead atoms. The quantitative estimate of drug-likeness (QED) is 0.621. The Kier molecular flexibility index (Phi) is 7.20. The van der Waals surface area contributed by atoms with Crippen LogP contribution in [0.25, 0.3) is 6.08 Å². The first-order chi connectivity index (χ1) is 14.4. The van der Waals surface area contributed by atoms with Gasteiger partial charge in [-0.1, -0.05) is 12.1 Å². The van der Waals surface area contributed by atoms with Crippen LogP contribution < -0.4 is 4.74 Å². The van der Waals surface area contributed by atoms with E-state index in [0.29, 0.717) is 38.4 Å². The monoisotopic (exact) mass is 431 g/mol. The number of carbonyl (C=O) groups is 1. The third-order valence-corrected chi connectivity index (χ3v) is 6.63. The van der Waals surface area contributed by atoms with Crippen LogP contribution in [0.2, 0.25) is 0 Å². The molecule has 1 saturated heterocycles. The Bertz CT molecular complexity index is 1000. The van der Waals surface area contributed by atoms with Crippen LogP contribution in [0.15, 0.2) is 53.7 Å². The summed E-state index contributed by atoms with van der Waals surface area (Å²) in [5.74, 6) is 0.0610. The Morgan fingerprint density at radius 1 is 1.30 bits per heavy atom. The highest BCUT2D eigenvalue weighted by Gasteiger charge is 2.29. The number of aromatic nitrogens is 1. The van der Waals surface area contributed by atoms with Gasteiger partial charge in [-0.05, 0) is 35.4 Å². The van der Waals surface area contributed by atoms with Crippen molar-refractivity contribution in [3.63, 3.8) is 0 Å². The number of pyridine rings is 1. The molecule has 0 aliphatic carbocycles. The standard InChI is InChI=1S/C21H25N3O5S/c1-23(16-18-4-3-9-22-15-18)21(25)8-6-17-5-7-19(28-2)20(14-17)30(26,27)24-10-12-29-13-11-24/h3-9,14-15H,10-13,16H2,1-2H3/b8-6+. The molecule has 1 amide bonds. The molecule has 2 aromatic rings. The maximum absolute atomic E-state index is 13.1. The molecule has 0 atom stereocenters. The Hall–Kier alpha value is -2.75. The van der Waals surface area contributed by atoms with Gasteiger partial charge in [0.25, 0.3) is 0 Å². The van der Waals surface area contributed by atoms with Gasteiger partial charge in [-0.25, -0.2) is 8.42 Å². The van der Waals surface area contributed by atoms with Crippen LogP contribution in [0.3, 0.4) is 0 Å². The Morgan fingerprint density at radius 3 is 2.73 bits per heavy atom. The van der Waals surface area contributed by atoms with E-state index in [4.69, 9.17) is 9.47 Å². The molecule has 9 heteroatoms. The fraction of sp³-hybridized carbons (Fsp3) is 0.333. The normalized spacial score (nSPS) is 15.3. The van der Waals surface area contributed by atoms with Gasteiger partial charge < -0.3 is 14.4 Å². The molecule has 0 unspecified atom stereocenters. The van der Waals surface area contributed by atoms with Crippen molar-refractivity contribution in [2.45, 2.75) is 11.4 Å². The van der Waals surface area contributed by atoms with Gasteiger partial charge in [0.15, 0.2) is 0 Å². The zero-order valence-corrected chi connectivity index (χ0v) is 17.8. The number of hydrogen-bond acceptors (Lipinski definition) is 6. The topological polar surface area (TPSA) is 89.0 Å². The highest BCUT2D eigenvalue weighted by Crippen LogP contribution is 2.28. The van der Waals surface area contributed by atoms with Crippen LogP contribution in [0.5, 0.6) is 5.75 Å². The number of benzene rings is 1. The SMILES string of the molecule is COc1ccc(/C=C/C(=O)N(C)Cc2cccnc2)cc1S(=O)(=O)N1CCOCC1. The first-order valence-corrected chi connectivity index (χ1v) is 10.9. The summed E-state index contributed by atoms with van der Waals surface area (Å²) in [7, 11) is -0.604. The molecule has 0 radical (unpaired) electrons. The number of likely N-dealkylation sites (N-methyl/N-ethyl adjacent to an activating group) is 1. The van der Waals surface area contributed by atoms with Crippen LogP contribution in [-0.2, 0) is 26.1 Å². The summed E-state index contributed by atoms with van der Waals surface area (Å²) >= 11 is 0. The summed E-state index contributed by atoms with van der Waals surface area (Å²) < 4.78 is 38.0. The predicted octanol–water partition coefficient (Wildman–Crippen LogP) is 1.78. The largest absolute Gasteiger partial charge is 0.495 e. The molecule has 1 aliphatic rings. The van der Waals surface area contributed by atoms with E-state index in [1.165, 1.54) is 23.6 Å². The van der Waals surface area contributed by atoms with Crippen molar-refractivity contribution in [3.8, 4) is 5.75 Å². The molecule has 8 nitrogen and oxygen atoms in total. The van der Waals surface area contributed by atoms with E-state index in [1.54, 1.807) is 42.6 Å². The van der Waals surface area contributed by atoms with Crippen LogP contribution >= 0.6 is 0 Å². The van der Waals surface area contributed by atoms with Crippen molar-refractivity contribution in [3.05, 3.63) is 59.9 Å². The lowest BCUT2D eigenvalue weighted by Gasteiger charge is -2.26. The van der Waals surface area contributed by atoms with Crippen molar-refractivity contribution in [2.24, 2.45) is 0 Å². The average molecular weight is 432 g/mol. The Morgan fingerprint density at radius 2 is 2.07 bits per heavy atom. The van der Waals surface area contributed by atoms with E-state index < -0.39 is 10.0 Å². The Labute approximate surface area is 176 Å². The lowest BCUT2D eigenvalue weighted by Crippen LogP contribution is -2.40. The first-order valence-electron chi connectivity index (χ1n) is 9.50. The van der Waals surface area contributed by atoms with Gasteiger partial charge in [0.2, 0.25) is 15.9 Å². The van der Waals surface area contributed by atoms with Gasteiger partial charge in [0, 0.05) is 45.2 Å². The summed E-state index contributed by atoms with van der Waals surface area (Å²) in [4.78, 5) is 18.1. The van der Waals surface area contributed by atoms with Crippen LogP contribution in [0.1, 0.15) is 11.1 Å². The molecule has 0 spiro atoms.